The number of aliphatic hydroxyl groups is 2. The van der Waals surface area contributed by atoms with Crippen LogP contribution in [0.25, 0.3) is 33.7 Å². The van der Waals surface area contributed by atoms with Gasteiger partial charge in [-0.25, -0.2) is 4.98 Å². The molecule has 4 heterocycles. The maximum Gasteiger partial charge on any atom is 0.227 e. The van der Waals surface area contributed by atoms with E-state index in [0.29, 0.717) is 52.9 Å². The Balaban J connectivity index is 1.19. The molecule has 246 valence electrons. The number of hydrogen-bond donors (Lipinski definition) is 2. The molecule has 0 amide bonds. The Labute approximate surface area is 278 Å². The second-order valence-corrected chi connectivity index (χ2v) is 12.3. The van der Waals surface area contributed by atoms with Crippen molar-refractivity contribution in [3.05, 3.63) is 88.0 Å². The zero-order valence-electron chi connectivity index (χ0n) is 27.3. The van der Waals surface area contributed by atoms with Crippen molar-refractivity contribution < 1.29 is 24.1 Å². The first-order valence-electron chi connectivity index (χ1n) is 16.2. The summed E-state index contributed by atoms with van der Waals surface area (Å²) in [6, 6.07) is 18.5. The number of pyridine rings is 2. The number of benzene rings is 2. The lowest BCUT2D eigenvalue weighted by Crippen LogP contribution is -2.23. The predicted molar refractivity (Wildman–Crippen MR) is 179 cm³/mol. The van der Waals surface area contributed by atoms with Gasteiger partial charge in [0.2, 0.25) is 17.7 Å². The molecular weight excluding hydrogens is 608 g/mol. The van der Waals surface area contributed by atoms with E-state index in [1.54, 1.807) is 24.9 Å². The standard InChI is InChI=1S/C37H38N6O5/c1-22-26(6-4-7-27(22)37-41-33-34(48-37)24(18-38)20-43(16-17-44)35(33)39-2)28-8-5-9-30-29(28)11-12-31(30)47-32-13-10-23(36(40-32)46-3)19-42-15-14-25(45)21-42/h4-10,13,20,25,31,44-45H,11-12,14-17,19,21H2,1-3H3/b39-35-/t25-,31+/m1/s1. The van der Waals surface area contributed by atoms with Crippen molar-refractivity contribution >= 4 is 11.1 Å². The first-order chi connectivity index (χ1) is 23.4. The zero-order chi connectivity index (χ0) is 33.4. The van der Waals surface area contributed by atoms with E-state index < -0.39 is 0 Å². The van der Waals surface area contributed by atoms with Crippen molar-refractivity contribution in [2.45, 2.75) is 51.5 Å². The first-order valence-corrected chi connectivity index (χ1v) is 16.2. The molecule has 0 saturated carbocycles. The maximum atomic E-state index is 9.91. The molecule has 5 aromatic rings. The van der Waals surface area contributed by atoms with Gasteiger partial charge in [-0.1, -0.05) is 30.3 Å². The molecule has 1 fully saturated rings. The Kier molecular flexibility index (Phi) is 8.71. The number of β-amino-alcohol motifs (C(OH)–C–C–N with tert-alkyl or cyclic N) is 1. The van der Waals surface area contributed by atoms with E-state index in [1.807, 2.05) is 24.3 Å². The van der Waals surface area contributed by atoms with Crippen LogP contribution in [0, 0.1) is 18.3 Å². The fourth-order valence-corrected chi connectivity index (χ4v) is 7.08. The second kappa shape index (κ2) is 13.2. The fourth-order valence-electron chi connectivity index (χ4n) is 7.08. The van der Waals surface area contributed by atoms with Crippen LogP contribution in [0.2, 0.25) is 0 Å². The third-order valence-electron chi connectivity index (χ3n) is 9.40. The third kappa shape index (κ3) is 5.72. The molecule has 2 atom stereocenters. The number of methoxy groups -OCH3 is 1. The van der Waals surface area contributed by atoms with E-state index in [2.05, 4.69) is 47.2 Å². The summed E-state index contributed by atoms with van der Waals surface area (Å²) >= 11 is 0. The third-order valence-corrected chi connectivity index (χ3v) is 9.40. The van der Waals surface area contributed by atoms with Gasteiger partial charge in [0.25, 0.3) is 0 Å². The van der Waals surface area contributed by atoms with Crippen molar-refractivity contribution in [1.82, 2.24) is 19.4 Å². The van der Waals surface area contributed by atoms with Gasteiger partial charge in [0.15, 0.2) is 16.6 Å². The van der Waals surface area contributed by atoms with Crippen molar-refractivity contribution in [2.75, 3.05) is 33.9 Å². The van der Waals surface area contributed by atoms with E-state index in [4.69, 9.17) is 23.9 Å². The molecule has 1 aliphatic carbocycles. The van der Waals surface area contributed by atoms with Crippen molar-refractivity contribution in [3.8, 4) is 40.4 Å². The van der Waals surface area contributed by atoms with Crippen LogP contribution in [-0.4, -0.2) is 69.6 Å². The van der Waals surface area contributed by atoms with E-state index in [-0.39, 0.29) is 25.4 Å². The van der Waals surface area contributed by atoms with Crippen LogP contribution < -0.4 is 15.0 Å². The number of aromatic nitrogens is 3. The minimum absolute atomic E-state index is 0.0923. The first kappa shape index (κ1) is 31.6. The SMILES string of the molecule is C/N=c1/c2nc(-c3cccc(-c4cccc5c4CC[C@@H]5Oc4ccc(CN5CC[C@@H](O)C5)c(OC)n4)c3C)oc2c(C#N)cn1CCO. The van der Waals surface area contributed by atoms with E-state index >= 15 is 0 Å². The van der Waals surface area contributed by atoms with Crippen LogP contribution in [0.5, 0.6) is 11.8 Å². The van der Waals surface area contributed by atoms with Gasteiger partial charge >= 0.3 is 0 Å². The monoisotopic (exact) mass is 646 g/mol. The van der Waals surface area contributed by atoms with E-state index in [0.717, 1.165) is 59.2 Å². The summed E-state index contributed by atoms with van der Waals surface area (Å²) < 4.78 is 20.1. The van der Waals surface area contributed by atoms with Gasteiger partial charge in [0, 0.05) is 56.6 Å². The summed E-state index contributed by atoms with van der Waals surface area (Å²) in [5, 5.41) is 29.3. The van der Waals surface area contributed by atoms with Crippen LogP contribution in [-0.2, 0) is 19.5 Å². The summed E-state index contributed by atoms with van der Waals surface area (Å²) in [6.07, 6.45) is 3.68. The highest BCUT2D eigenvalue weighted by Crippen LogP contribution is 2.42. The van der Waals surface area contributed by atoms with Crippen LogP contribution in [0.1, 0.15) is 46.8 Å². The molecule has 2 aliphatic rings. The molecule has 0 spiro atoms. The summed E-state index contributed by atoms with van der Waals surface area (Å²) in [6.45, 7) is 4.43. The Morgan fingerprint density at radius 3 is 2.65 bits per heavy atom. The number of nitrogens with zero attached hydrogens (tertiary/aromatic N) is 6. The van der Waals surface area contributed by atoms with Gasteiger partial charge in [0.1, 0.15) is 17.7 Å². The van der Waals surface area contributed by atoms with Crippen molar-refractivity contribution in [1.29, 1.82) is 5.26 Å². The highest BCUT2D eigenvalue weighted by Gasteiger charge is 2.29. The molecule has 0 radical (unpaired) electrons. The molecule has 2 N–H and O–H groups in total. The van der Waals surface area contributed by atoms with Gasteiger partial charge in [-0.05, 0) is 66.1 Å². The van der Waals surface area contributed by atoms with Gasteiger partial charge in [0.05, 0.1) is 19.8 Å². The number of fused-ring (bicyclic) bond motifs is 2. The molecule has 0 bridgehead atoms. The zero-order valence-corrected chi connectivity index (χ0v) is 27.3. The Morgan fingerprint density at radius 1 is 1.08 bits per heavy atom. The van der Waals surface area contributed by atoms with E-state index in [1.165, 1.54) is 5.56 Å². The lowest BCUT2D eigenvalue weighted by atomic mass is 9.91. The average Bonchev–Trinajstić information content (AvgIpc) is 3.84. The molecule has 1 saturated heterocycles. The van der Waals surface area contributed by atoms with Crippen LogP contribution in [0.3, 0.4) is 0 Å². The Morgan fingerprint density at radius 2 is 1.90 bits per heavy atom. The maximum absolute atomic E-state index is 9.91. The fraction of sp³-hybridized carbons (Fsp3) is 0.351. The minimum Gasteiger partial charge on any atom is -0.481 e. The number of rotatable bonds is 9. The largest absolute Gasteiger partial charge is 0.481 e. The Bertz CT molecular complexity index is 2110. The van der Waals surface area contributed by atoms with Gasteiger partial charge in [-0.2, -0.15) is 10.2 Å². The van der Waals surface area contributed by atoms with Gasteiger partial charge < -0.3 is 28.7 Å². The predicted octanol–water partition coefficient (Wildman–Crippen LogP) is 4.70. The van der Waals surface area contributed by atoms with E-state index in [9.17, 15) is 15.5 Å². The molecule has 2 aromatic carbocycles. The molecule has 1 aliphatic heterocycles. The van der Waals surface area contributed by atoms with Crippen molar-refractivity contribution in [3.63, 3.8) is 0 Å². The second-order valence-electron chi connectivity index (χ2n) is 12.3. The number of likely N-dealkylation sites (tertiary alicyclic amines) is 1. The van der Waals surface area contributed by atoms with Crippen LogP contribution in [0.4, 0.5) is 0 Å². The number of aliphatic hydroxyl groups excluding tert-OH is 2. The van der Waals surface area contributed by atoms with Crippen LogP contribution >= 0.6 is 0 Å². The molecule has 7 rings (SSSR count). The molecule has 48 heavy (non-hydrogen) atoms. The highest BCUT2D eigenvalue weighted by molar-refractivity contribution is 5.83. The number of oxazole rings is 1. The summed E-state index contributed by atoms with van der Waals surface area (Å²) in [4.78, 5) is 16.1. The van der Waals surface area contributed by atoms with Crippen molar-refractivity contribution in [2.24, 2.45) is 4.99 Å². The quantitative estimate of drug-likeness (QED) is 0.233. The van der Waals surface area contributed by atoms with Gasteiger partial charge in [-0.3, -0.25) is 9.89 Å². The number of hydrogen-bond acceptors (Lipinski definition) is 10. The van der Waals surface area contributed by atoms with Gasteiger partial charge in [-0.15, -0.1) is 0 Å². The minimum atomic E-state index is -0.277. The lowest BCUT2D eigenvalue weighted by Gasteiger charge is -2.19. The summed E-state index contributed by atoms with van der Waals surface area (Å²) in [5.74, 6) is 1.47. The lowest BCUT2D eigenvalue weighted by molar-refractivity contribution is 0.174. The highest BCUT2D eigenvalue weighted by atomic mass is 16.5. The molecule has 3 aromatic heterocycles. The topological polar surface area (TPSA) is 142 Å². The smallest absolute Gasteiger partial charge is 0.227 e. The molecule has 11 nitrogen and oxygen atoms in total. The number of nitriles is 1. The number of ether oxygens (including phenoxy) is 2. The summed E-state index contributed by atoms with van der Waals surface area (Å²) in [7, 11) is 3.28. The normalized spacial score (nSPS) is 18.0. The molecule has 0 unspecified atom stereocenters. The summed E-state index contributed by atoms with van der Waals surface area (Å²) in [5.41, 5.74) is 9.11. The van der Waals surface area contributed by atoms with Crippen LogP contribution in [0.15, 0.2) is 64.1 Å². The molecule has 11 heteroatoms. The molecular formula is C37H38N6O5. The Hall–Kier alpha value is -5.02. The average molecular weight is 647 g/mol.